The number of hydrogen-bond acceptors (Lipinski definition) is 5. The molecule has 0 unspecified atom stereocenters. The SMILES string of the molecule is CCN(C(=O)COC(=O)Cc1coc2cc(OC)ccc12)c1ccc(F)cc1. The number of methoxy groups -OCH3 is 1. The molecule has 1 aromatic heterocycles. The lowest BCUT2D eigenvalue weighted by molar-refractivity contribution is -0.147. The van der Waals surface area contributed by atoms with Crippen molar-refractivity contribution in [1.82, 2.24) is 0 Å². The van der Waals surface area contributed by atoms with Gasteiger partial charge in [0.15, 0.2) is 6.61 Å². The Morgan fingerprint density at radius 2 is 1.89 bits per heavy atom. The molecule has 3 rings (SSSR count). The van der Waals surface area contributed by atoms with Gasteiger partial charge in [0.1, 0.15) is 17.1 Å². The number of halogens is 1. The molecule has 0 bridgehead atoms. The van der Waals surface area contributed by atoms with E-state index < -0.39 is 12.6 Å². The Kier molecular flexibility index (Phi) is 5.93. The zero-order chi connectivity index (χ0) is 20.1. The third kappa shape index (κ3) is 4.31. The van der Waals surface area contributed by atoms with Gasteiger partial charge in [-0.05, 0) is 43.3 Å². The molecule has 28 heavy (non-hydrogen) atoms. The van der Waals surface area contributed by atoms with Gasteiger partial charge >= 0.3 is 5.97 Å². The fourth-order valence-corrected chi connectivity index (χ4v) is 2.88. The standard InChI is InChI=1S/C21H20FNO5/c1-3-23(16-6-4-15(22)5-7-16)20(24)13-28-21(25)10-14-12-27-19-11-17(26-2)8-9-18(14)19/h4-9,11-12H,3,10,13H2,1-2H3. The van der Waals surface area contributed by atoms with E-state index in [0.717, 1.165) is 5.39 Å². The summed E-state index contributed by atoms with van der Waals surface area (Å²) in [4.78, 5) is 26.0. The lowest BCUT2D eigenvalue weighted by atomic mass is 10.1. The van der Waals surface area contributed by atoms with Crippen LogP contribution in [0.25, 0.3) is 11.0 Å². The monoisotopic (exact) mass is 385 g/mol. The molecule has 2 aromatic carbocycles. The van der Waals surface area contributed by atoms with Crippen LogP contribution in [0, 0.1) is 5.82 Å². The van der Waals surface area contributed by atoms with Gasteiger partial charge in [0.05, 0.1) is 19.8 Å². The van der Waals surface area contributed by atoms with Crippen LogP contribution in [-0.2, 0) is 20.7 Å². The summed E-state index contributed by atoms with van der Waals surface area (Å²) in [7, 11) is 1.56. The first-order valence-corrected chi connectivity index (χ1v) is 8.77. The molecule has 0 aliphatic carbocycles. The summed E-state index contributed by atoms with van der Waals surface area (Å²) in [6, 6.07) is 10.9. The highest BCUT2D eigenvalue weighted by Crippen LogP contribution is 2.26. The minimum Gasteiger partial charge on any atom is -0.497 e. The average Bonchev–Trinajstić information content (AvgIpc) is 3.10. The van der Waals surface area contributed by atoms with Crippen molar-refractivity contribution in [3.63, 3.8) is 0 Å². The number of furan rings is 1. The van der Waals surface area contributed by atoms with E-state index in [4.69, 9.17) is 13.9 Å². The number of likely N-dealkylation sites (N-methyl/N-ethyl adjacent to an activating group) is 1. The summed E-state index contributed by atoms with van der Waals surface area (Å²) in [6.07, 6.45) is 1.47. The maximum Gasteiger partial charge on any atom is 0.310 e. The average molecular weight is 385 g/mol. The second-order valence-corrected chi connectivity index (χ2v) is 6.07. The lowest BCUT2D eigenvalue weighted by Crippen LogP contribution is -2.34. The van der Waals surface area contributed by atoms with Crippen molar-refractivity contribution in [2.45, 2.75) is 13.3 Å². The van der Waals surface area contributed by atoms with Crippen molar-refractivity contribution in [3.05, 3.63) is 60.1 Å². The molecule has 7 heteroatoms. The van der Waals surface area contributed by atoms with Gasteiger partial charge in [0, 0.05) is 29.2 Å². The maximum absolute atomic E-state index is 13.1. The molecule has 0 N–H and O–H groups in total. The molecule has 0 saturated heterocycles. The Morgan fingerprint density at radius 1 is 1.14 bits per heavy atom. The summed E-state index contributed by atoms with van der Waals surface area (Å²) in [5, 5.41) is 0.783. The normalized spacial score (nSPS) is 10.7. The van der Waals surface area contributed by atoms with Crippen LogP contribution in [0.4, 0.5) is 10.1 Å². The molecule has 0 fully saturated rings. The highest BCUT2D eigenvalue weighted by Gasteiger charge is 2.18. The Bertz CT molecular complexity index is 980. The van der Waals surface area contributed by atoms with E-state index in [1.165, 1.54) is 35.4 Å². The summed E-state index contributed by atoms with van der Waals surface area (Å²) in [6.45, 7) is 1.76. The molecule has 0 radical (unpaired) electrons. The first-order chi connectivity index (χ1) is 13.5. The molecule has 0 aliphatic heterocycles. The molecular formula is C21H20FNO5. The Morgan fingerprint density at radius 3 is 2.57 bits per heavy atom. The number of fused-ring (bicyclic) bond motifs is 1. The van der Waals surface area contributed by atoms with Crippen LogP contribution in [0.5, 0.6) is 5.75 Å². The van der Waals surface area contributed by atoms with Gasteiger partial charge in [-0.15, -0.1) is 0 Å². The number of anilines is 1. The number of carbonyl (C=O) groups excluding carboxylic acids is 2. The Labute approximate surface area is 161 Å². The third-order valence-corrected chi connectivity index (χ3v) is 4.31. The predicted molar refractivity (Wildman–Crippen MR) is 102 cm³/mol. The van der Waals surface area contributed by atoms with Crippen molar-refractivity contribution < 1.29 is 27.9 Å². The minimum atomic E-state index is -0.540. The second kappa shape index (κ2) is 8.56. The number of nitrogens with zero attached hydrogens (tertiary/aromatic N) is 1. The molecule has 1 heterocycles. The summed E-state index contributed by atoms with van der Waals surface area (Å²) in [5.74, 6) is -0.656. The molecule has 6 nitrogen and oxygen atoms in total. The zero-order valence-corrected chi connectivity index (χ0v) is 15.6. The molecular weight excluding hydrogens is 365 g/mol. The van der Waals surface area contributed by atoms with Gasteiger partial charge in [0.2, 0.25) is 0 Å². The first kappa shape index (κ1) is 19.4. The van der Waals surface area contributed by atoms with Gasteiger partial charge < -0.3 is 18.8 Å². The molecule has 0 atom stereocenters. The van der Waals surface area contributed by atoms with Gasteiger partial charge in [0.25, 0.3) is 5.91 Å². The van der Waals surface area contributed by atoms with E-state index in [1.54, 1.807) is 32.2 Å². The minimum absolute atomic E-state index is 0.0186. The predicted octanol–water partition coefficient (Wildman–Crippen LogP) is 3.72. The van der Waals surface area contributed by atoms with Crippen LogP contribution in [0.1, 0.15) is 12.5 Å². The zero-order valence-electron chi connectivity index (χ0n) is 15.6. The van der Waals surface area contributed by atoms with E-state index in [2.05, 4.69) is 0 Å². The Balaban J connectivity index is 1.60. The largest absolute Gasteiger partial charge is 0.497 e. The van der Waals surface area contributed by atoms with Crippen LogP contribution in [-0.4, -0.2) is 32.1 Å². The number of amides is 1. The quantitative estimate of drug-likeness (QED) is 0.580. The van der Waals surface area contributed by atoms with E-state index in [0.29, 0.717) is 29.1 Å². The summed E-state index contributed by atoms with van der Waals surface area (Å²) >= 11 is 0. The van der Waals surface area contributed by atoms with Crippen molar-refractivity contribution >= 4 is 28.5 Å². The van der Waals surface area contributed by atoms with E-state index in [1.807, 2.05) is 0 Å². The first-order valence-electron chi connectivity index (χ1n) is 8.77. The van der Waals surface area contributed by atoms with E-state index >= 15 is 0 Å². The fourth-order valence-electron chi connectivity index (χ4n) is 2.88. The van der Waals surface area contributed by atoms with Crippen LogP contribution in [0.2, 0.25) is 0 Å². The van der Waals surface area contributed by atoms with Crippen LogP contribution >= 0.6 is 0 Å². The van der Waals surface area contributed by atoms with Gasteiger partial charge in [-0.25, -0.2) is 4.39 Å². The number of hydrogen-bond donors (Lipinski definition) is 0. The van der Waals surface area contributed by atoms with Crippen LogP contribution in [0.3, 0.4) is 0 Å². The lowest BCUT2D eigenvalue weighted by Gasteiger charge is -2.20. The van der Waals surface area contributed by atoms with Crippen molar-refractivity contribution in [3.8, 4) is 5.75 Å². The molecule has 0 spiro atoms. The van der Waals surface area contributed by atoms with Gasteiger partial charge in [-0.1, -0.05) is 0 Å². The summed E-state index contributed by atoms with van der Waals surface area (Å²) in [5.41, 5.74) is 1.81. The highest BCUT2D eigenvalue weighted by molar-refractivity contribution is 5.95. The van der Waals surface area contributed by atoms with Crippen molar-refractivity contribution in [2.75, 3.05) is 25.2 Å². The van der Waals surface area contributed by atoms with Crippen molar-refractivity contribution in [2.24, 2.45) is 0 Å². The number of benzene rings is 2. The van der Waals surface area contributed by atoms with E-state index in [-0.39, 0.29) is 18.1 Å². The van der Waals surface area contributed by atoms with Crippen molar-refractivity contribution in [1.29, 1.82) is 0 Å². The number of rotatable bonds is 7. The maximum atomic E-state index is 13.1. The van der Waals surface area contributed by atoms with Gasteiger partial charge in [-0.2, -0.15) is 0 Å². The highest BCUT2D eigenvalue weighted by atomic mass is 19.1. The molecule has 3 aromatic rings. The fraction of sp³-hybridized carbons (Fsp3) is 0.238. The second-order valence-electron chi connectivity index (χ2n) is 6.07. The Hall–Kier alpha value is -3.35. The number of ether oxygens (including phenoxy) is 2. The van der Waals surface area contributed by atoms with Crippen LogP contribution in [0.15, 0.2) is 53.1 Å². The van der Waals surface area contributed by atoms with Gasteiger partial charge in [-0.3, -0.25) is 9.59 Å². The number of esters is 1. The number of carbonyl (C=O) groups is 2. The third-order valence-electron chi connectivity index (χ3n) is 4.31. The molecule has 146 valence electrons. The molecule has 0 saturated carbocycles. The molecule has 1 amide bonds. The smallest absolute Gasteiger partial charge is 0.310 e. The summed E-state index contributed by atoms with van der Waals surface area (Å²) < 4.78 is 28.8. The molecule has 0 aliphatic rings. The van der Waals surface area contributed by atoms with Crippen LogP contribution < -0.4 is 9.64 Å². The topological polar surface area (TPSA) is 69.0 Å². The van der Waals surface area contributed by atoms with E-state index in [9.17, 15) is 14.0 Å².